The van der Waals surface area contributed by atoms with E-state index < -0.39 is 0 Å². The minimum absolute atomic E-state index is 0.179. The van der Waals surface area contributed by atoms with E-state index in [0.717, 1.165) is 33.7 Å². The van der Waals surface area contributed by atoms with Crippen LogP contribution in [0.2, 0.25) is 0 Å². The summed E-state index contributed by atoms with van der Waals surface area (Å²) in [5.74, 6) is 1.89. The second-order valence-corrected chi connectivity index (χ2v) is 6.98. The molecule has 0 bridgehead atoms. The molecule has 7 nitrogen and oxygen atoms in total. The number of nitrogens with zero attached hydrogens (tertiary/aromatic N) is 1. The molecular weight excluding hydrogens is 392 g/mol. The van der Waals surface area contributed by atoms with Gasteiger partial charge in [-0.1, -0.05) is 0 Å². The fourth-order valence-corrected chi connectivity index (χ4v) is 3.40. The number of hydrogen-bond donors (Lipinski definition) is 3. The number of carbonyl (C=O) groups is 1. The van der Waals surface area contributed by atoms with Crippen LogP contribution in [0, 0.1) is 0 Å². The number of rotatable bonds is 8. The quantitative estimate of drug-likeness (QED) is 0.399. The predicted octanol–water partition coefficient (Wildman–Crippen LogP) is 4.30. The minimum atomic E-state index is -0.179. The zero-order valence-corrected chi connectivity index (χ0v) is 17.4. The van der Waals surface area contributed by atoms with Crippen molar-refractivity contribution < 1.29 is 14.3 Å². The zero-order valence-electron chi connectivity index (χ0n) is 17.4. The lowest BCUT2D eigenvalue weighted by Crippen LogP contribution is -2.26. The van der Waals surface area contributed by atoms with Gasteiger partial charge in [0, 0.05) is 35.5 Å². The van der Waals surface area contributed by atoms with Gasteiger partial charge in [0.1, 0.15) is 17.3 Å². The largest absolute Gasteiger partial charge is 0.497 e. The molecule has 0 unspecified atom stereocenters. The van der Waals surface area contributed by atoms with E-state index in [4.69, 9.17) is 9.47 Å². The van der Waals surface area contributed by atoms with E-state index in [1.54, 1.807) is 32.5 Å². The maximum absolute atomic E-state index is 12.8. The number of ether oxygens (including phenoxy) is 2. The van der Waals surface area contributed by atoms with Crippen LogP contribution in [0.5, 0.6) is 11.5 Å². The molecule has 31 heavy (non-hydrogen) atoms. The minimum Gasteiger partial charge on any atom is -0.497 e. The van der Waals surface area contributed by atoms with Crippen molar-refractivity contribution in [2.45, 2.75) is 6.42 Å². The Morgan fingerprint density at radius 3 is 2.58 bits per heavy atom. The summed E-state index contributed by atoms with van der Waals surface area (Å²) in [6.07, 6.45) is 4.32. The summed E-state index contributed by atoms with van der Waals surface area (Å²) >= 11 is 0. The molecule has 3 N–H and O–H groups in total. The molecule has 0 aliphatic carbocycles. The average Bonchev–Trinajstić information content (AvgIpc) is 3.22. The Balaban J connectivity index is 1.42. The summed E-state index contributed by atoms with van der Waals surface area (Å²) in [4.78, 5) is 20.4. The standard InChI is InChI=1S/C24H24N4O3/c1-30-18-7-5-17(6-8-18)28-23-20(4-3-12-25-23)24(29)26-13-11-16-15-27-22-10-9-19(31-2)14-21(16)22/h3-10,12,14-15,27H,11,13H2,1-2H3,(H,25,28)(H,26,29). The van der Waals surface area contributed by atoms with E-state index in [9.17, 15) is 4.79 Å². The van der Waals surface area contributed by atoms with Crippen molar-refractivity contribution >= 4 is 28.3 Å². The Bertz CT molecular complexity index is 1190. The number of fused-ring (bicyclic) bond motifs is 1. The van der Waals surface area contributed by atoms with Gasteiger partial charge in [0.05, 0.1) is 19.8 Å². The Morgan fingerprint density at radius 1 is 1.03 bits per heavy atom. The van der Waals surface area contributed by atoms with Crippen LogP contribution in [0.3, 0.4) is 0 Å². The molecule has 0 aliphatic heterocycles. The number of nitrogens with one attached hydrogen (secondary N) is 3. The van der Waals surface area contributed by atoms with Gasteiger partial charge < -0.3 is 25.1 Å². The third-order valence-electron chi connectivity index (χ3n) is 5.06. The molecular formula is C24H24N4O3. The number of hydrogen-bond acceptors (Lipinski definition) is 5. The summed E-state index contributed by atoms with van der Waals surface area (Å²) in [6, 6.07) is 16.9. The number of anilines is 2. The van der Waals surface area contributed by atoms with Gasteiger partial charge in [0.25, 0.3) is 5.91 Å². The fraction of sp³-hybridized carbons (Fsp3) is 0.167. The molecule has 158 valence electrons. The van der Waals surface area contributed by atoms with Gasteiger partial charge in [-0.25, -0.2) is 4.98 Å². The van der Waals surface area contributed by atoms with Gasteiger partial charge in [0.2, 0.25) is 0 Å². The molecule has 4 aromatic rings. The highest BCUT2D eigenvalue weighted by Crippen LogP contribution is 2.24. The third-order valence-corrected chi connectivity index (χ3v) is 5.06. The van der Waals surface area contributed by atoms with Crippen molar-refractivity contribution in [1.29, 1.82) is 0 Å². The van der Waals surface area contributed by atoms with Gasteiger partial charge in [-0.2, -0.15) is 0 Å². The Labute approximate surface area is 180 Å². The highest BCUT2D eigenvalue weighted by molar-refractivity contribution is 5.99. The van der Waals surface area contributed by atoms with E-state index in [0.29, 0.717) is 24.3 Å². The first-order chi connectivity index (χ1) is 15.2. The Hall–Kier alpha value is -4.00. The number of pyridine rings is 1. The van der Waals surface area contributed by atoms with Crippen LogP contribution in [0.25, 0.3) is 10.9 Å². The molecule has 2 heterocycles. The number of aromatic amines is 1. The van der Waals surface area contributed by atoms with Crippen molar-refractivity contribution in [3.63, 3.8) is 0 Å². The van der Waals surface area contributed by atoms with Crippen molar-refractivity contribution in [3.8, 4) is 11.5 Å². The lowest BCUT2D eigenvalue weighted by atomic mass is 10.1. The number of H-pyrrole nitrogens is 1. The zero-order chi connectivity index (χ0) is 21.6. The molecule has 7 heteroatoms. The molecule has 2 aromatic carbocycles. The van der Waals surface area contributed by atoms with Gasteiger partial charge >= 0.3 is 0 Å². The number of methoxy groups -OCH3 is 2. The summed E-state index contributed by atoms with van der Waals surface area (Å²) in [5.41, 5.74) is 3.47. The average molecular weight is 416 g/mol. The molecule has 4 rings (SSSR count). The normalized spacial score (nSPS) is 10.6. The van der Waals surface area contributed by atoms with Gasteiger partial charge in [-0.15, -0.1) is 0 Å². The van der Waals surface area contributed by atoms with Crippen molar-refractivity contribution in [2.24, 2.45) is 0 Å². The molecule has 0 saturated heterocycles. The number of amides is 1. The van der Waals surface area contributed by atoms with Crippen LogP contribution in [0.4, 0.5) is 11.5 Å². The van der Waals surface area contributed by atoms with Crippen molar-refractivity contribution in [1.82, 2.24) is 15.3 Å². The first kappa shape index (κ1) is 20.3. The maximum Gasteiger partial charge on any atom is 0.255 e. The second kappa shape index (κ2) is 9.21. The molecule has 0 atom stereocenters. The van der Waals surface area contributed by atoms with E-state index in [1.165, 1.54) is 0 Å². The molecule has 1 amide bonds. The van der Waals surface area contributed by atoms with Crippen molar-refractivity contribution in [3.05, 3.63) is 78.1 Å². The topological polar surface area (TPSA) is 88.3 Å². The first-order valence-corrected chi connectivity index (χ1v) is 9.96. The number of benzene rings is 2. The van der Waals surface area contributed by atoms with Crippen LogP contribution in [-0.2, 0) is 6.42 Å². The van der Waals surface area contributed by atoms with Crippen LogP contribution in [-0.4, -0.2) is 36.6 Å². The van der Waals surface area contributed by atoms with Crippen LogP contribution < -0.4 is 20.1 Å². The van der Waals surface area contributed by atoms with Crippen LogP contribution in [0.1, 0.15) is 15.9 Å². The SMILES string of the molecule is COc1ccc(Nc2ncccc2C(=O)NCCc2c[nH]c3ccc(OC)cc23)cc1. The Morgan fingerprint density at radius 2 is 1.81 bits per heavy atom. The van der Waals surface area contributed by atoms with Crippen LogP contribution >= 0.6 is 0 Å². The van der Waals surface area contributed by atoms with E-state index >= 15 is 0 Å². The van der Waals surface area contributed by atoms with Gasteiger partial charge in [0.15, 0.2) is 0 Å². The lowest BCUT2D eigenvalue weighted by Gasteiger charge is -2.11. The molecule has 0 spiro atoms. The highest BCUT2D eigenvalue weighted by Gasteiger charge is 2.13. The number of carbonyl (C=O) groups excluding carboxylic acids is 1. The molecule has 0 saturated carbocycles. The third kappa shape index (κ3) is 4.61. The predicted molar refractivity (Wildman–Crippen MR) is 121 cm³/mol. The van der Waals surface area contributed by atoms with E-state index in [2.05, 4.69) is 20.6 Å². The second-order valence-electron chi connectivity index (χ2n) is 6.98. The summed E-state index contributed by atoms with van der Waals surface area (Å²) < 4.78 is 10.5. The summed E-state index contributed by atoms with van der Waals surface area (Å²) in [7, 11) is 3.27. The van der Waals surface area contributed by atoms with Gasteiger partial charge in [-0.05, 0) is 66.6 Å². The fourth-order valence-electron chi connectivity index (χ4n) is 3.40. The van der Waals surface area contributed by atoms with Crippen LogP contribution in [0.15, 0.2) is 67.0 Å². The van der Waals surface area contributed by atoms with E-state index in [1.807, 2.05) is 48.7 Å². The summed E-state index contributed by atoms with van der Waals surface area (Å²) in [5, 5.41) is 7.28. The lowest BCUT2D eigenvalue weighted by molar-refractivity contribution is 0.0954. The summed E-state index contributed by atoms with van der Waals surface area (Å²) in [6.45, 7) is 0.500. The van der Waals surface area contributed by atoms with Crippen molar-refractivity contribution in [2.75, 3.05) is 26.1 Å². The first-order valence-electron chi connectivity index (χ1n) is 9.96. The highest BCUT2D eigenvalue weighted by atomic mass is 16.5. The smallest absolute Gasteiger partial charge is 0.255 e. The van der Waals surface area contributed by atoms with Gasteiger partial charge in [-0.3, -0.25) is 4.79 Å². The maximum atomic E-state index is 12.8. The molecule has 0 radical (unpaired) electrons. The Kier molecular flexibility index (Phi) is 6.03. The van der Waals surface area contributed by atoms with E-state index in [-0.39, 0.29) is 5.91 Å². The molecule has 0 aliphatic rings. The monoisotopic (exact) mass is 416 g/mol. The molecule has 2 aromatic heterocycles. The number of aromatic nitrogens is 2. The molecule has 0 fully saturated rings.